The Balaban J connectivity index is 2.13. The van der Waals surface area contributed by atoms with E-state index in [1.54, 1.807) is 30.5 Å². The van der Waals surface area contributed by atoms with Crippen molar-refractivity contribution in [3.05, 3.63) is 46.6 Å². The van der Waals surface area contributed by atoms with Crippen LogP contribution < -0.4 is 10.1 Å². The SMILES string of the molecule is CCOc1ccc(NC(=O)c2cc(S)ccc2Br)cn1. The summed E-state index contributed by atoms with van der Waals surface area (Å²) in [4.78, 5) is 17.0. The van der Waals surface area contributed by atoms with Gasteiger partial charge in [-0.15, -0.1) is 12.6 Å². The number of carbonyl (C=O) groups excluding carboxylic acids is 1. The van der Waals surface area contributed by atoms with Gasteiger partial charge in [0.15, 0.2) is 0 Å². The molecule has 2 aromatic rings. The summed E-state index contributed by atoms with van der Waals surface area (Å²) < 4.78 is 5.96. The third-order valence-electron chi connectivity index (χ3n) is 2.48. The van der Waals surface area contributed by atoms with Crippen LogP contribution in [0, 0.1) is 0 Å². The van der Waals surface area contributed by atoms with Crippen LogP contribution in [-0.2, 0) is 0 Å². The Kier molecular flexibility index (Phi) is 5.03. The minimum Gasteiger partial charge on any atom is -0.478 e. The highest BCUT2D eigenvalue weighted by Crippen LogP contribution is 2.21. The Morgan fingerprint density at radius 1 is 1.40 bits per heavy atom. The molecule has 0 spiro atoms. The number of nitrogens with one attached hydrogen (secondary N) is 1. The maximum absolute atomic E-state index is 12.2. The fraction of sp³-hybridized carbons (Fsp3) is 0.143. The number of hydrogen-bond donors (Lipinski definition) is 2. The van der Waals surface area contributed by atoms with Crippen molar-refractivity contribution in [1.82, 2.24) is 4.98 Å². The van der Waals surface area contributed by atoms with Crippen molar-refractivity contribution in [1.29, 1.82) is 0 Å². The fourth-order valence-corrected chi connectivity index (χ4v) is 2.20. The monoisotopic (exact) mass is 352 g/mol. The molecular formula is C14H13BrN2O2S. The molecule has 2 rings (SSSR count). The van der Waals surface area contributed by atoms with Crippen molar-refractivity contribution in [2.75, 3.05) is 11.9 Å². The predicted molar refractivity (Wildman–Crippen MR) is 84.8 cm³/mol. The van der Waals surface area contributed by atoms with Crippen molar-refractivity contribution in [3.63, 3.8) is 0 Å². The molecule has 0 aliphatic rings. The van der Waals surface area contributed by atoms with Gasteiger partial charge in [-0.2, -0.15) is 0 Å². The summed E-state index contributed by atoms with van der Waals surface area (Å²) >= 11 is 7.58. The second-order valence-electron chi connectivity index (χ2n) is 3.94. The van der Waals surface area contributed by atoms with E-state index in [4.69, 9.17) is 4.74 Å². The Bertz CT molecular complexity index is 617. The summed E-state index contributed by atoms with van der Waals surface area (Å²) in [6.45, 7) is 2.44. The van der Waals surface area contributed by atoms with Gasteiger partial charge in [0.05, 0.1) is 24.1 Å². The average Bonchev–Trinajstić information content (AvgIpc) is 2.44. The fourth-order valence-electron chi connectivity index (χ4n) is 1.57. The number of thiol groups is 1. The number of hydrogen-bond acceptors (Lipinski definition) is 4. The van der Waals surface area contributed by atoms with E-state index < -0.39 is 0 Å². The Morgan fingerprint density at radius 2 is 2.20 bits per heavy atom. The van der Waals surface area contributed by atoms with Crippen molar-refractivity contribution in [3.8, 4) is 5.88 Å². The number of ether oxygens (including phenoxy) is 1. The molecule has 0 aliphatic carbocycles. The summed E-state index contributed by atoms with van der Waals surface area (Å²) in [7, 11) is 0. The number of nitrogens with zero attached hydrogens (tertiary/aromatic N) is 1. The lowest BCUT2D eigenvalue weighted by Gasteiger charge is -2.08. The summed E-state index contributed by atoms with van der Waals surface area (Å²) in [5.74, 6) is 0.308. The van der Waals surface area contributed by atoms with Crippen molar-refractivity contribution < 1.29 is 9.53 Å². The Morgan fingerprint density at radius 3 is 2.85 bits per heavy atom. The highest BCUT2D eigenvalue weighted by molar-refractivity contribution is 9.10. The molecule has 6 heteroatoms. The molecule has 0 unspecified atom stereocenters. The van der Waals surface area contributed by atoms with Gasteiger partial charge in [0.1, 0.15) is 0 Å². The maximum Gasteiger partial charge on any atom is 0.256 e. The van der Waals surface area contributed by atoms with Crippen LogP contribution >= 0.6 is 28.6 Å². The lowest BCUT2D eigenvalue weighted by Crippen LogP contribution is -2.12. The van der Waals surface area contributed by atoms with Gasteiger partial charge in [-0.3, -0.25) is 4.79 Å². The molecule has 4 nitrogen and oxygen atoms in total. The van der Waals surface area contributed by atoms with Gasteiger partial charge < -0.3 is 10.1 Å². The first kappa shape index (κ1) is 14.9. The van der Waals surface area contributed by atoms with E-state index in [1.165, 1.54) is 0 Å². The topological polar surface area (TPSA) is 51.2 Å². The Hall–Kier alpha value is -1.53. The third-order valence-corrected chi connectivity index (χ3v) is 3.45. The highest BCUT2D eigenvalue weighted by Gasteiger charge is 2.11. The summed E-state index contributed by atoms with van der Waals surface area (Å²) in [5, 5.41) is 2.77. The van der Waals surface area contributed by atoms with E-state index in [0.717, 1.165) is 4.90 Å². The van der Waals surface area contributed by atoms with Gasteiger partial charge in [0.2, 0.25) is 5.88 Å². The molecule has 1 amide bonds. The number of halogens is 1. The van der Waals surface area contributed by atoms with E-state index >= 15 is 0 Å². The van der Waals surface area contributed by atoms with Crippen LogP contribution in [0.1, 0.15) is 17.3 Å². The molecule has 0 saturated carbocycles. The minimum atomic E-state index is -0.223. The average molecular weight is 353 g/mol. The number of rotatable bonds is 4. The van der Waals surface area contributed by atoms with Crippen LogP contribution in [0.3, 0.4) is 0 Å². The second kappa shape index (κ2) is 6.76. The van der Waals surface area contributed by atoms with Crippen molar-refractivity contribution in [2.24, 2.45) is 0 Å². The molecule has 0 fully saturated rings. The molecule has 1 N–H and O–H groups in total. The summed E-state index contributed by atoms with van der Waals surface area (Å²) in [6.07, 6.45) is 1.56. The number of benzene rings is 1. The van der Waals surface area contributed by atoms with Crippen LogP contribution in [0.15, 0.2) is 45.9 Å². The van der Waals surface area contributed by atoms with Crippen LogP contribution in [0.5, 0.6) is 5.88 Å². The number of carbonyl (C=O) groups is 1. The summed E-state index contributed by atoms with van der Waals surface area (Å²) in [5.41, 5.74) is 1.13. The smallest absolute Gasteiger partial charge is 0.256 e. The molecule has 0 aliphatic heterocycles. The molecule has 1 heterocycles. The van der Waals surface area contributed by atoms with Crippen LogP contribution in [0.4, 0.5) is 5.69 Å². The van der Waals surface area contributed by atoms with Gasteiger partial charge in [0, 0.05) is 15.4 Å². The van der Waals surface area contributed by atoms with Crippen LogP contribution in [-0.4, -0.2) is 17.5 Å². The van der Waals surface area contributed by atoms with Gasteiger partial charge in [-0.1, -0.05) is 0 Å². The predicted octanol–water partition coefficient (Wildman–Crippen LogP) is 3.78. The molecule has 1 aromatic heterocycles. The molecule has 20 heavy (non-hydrogen) atoms. The third kappa shape index (κ3) is 3.74. The van der Waals surface area contributed by atoms with Gasteiger partial charge in [-0.25, -0.2) is 4.98 Å². The first-order valence-corrected chi connectivity index (χ1v) is 7.23. The molecule has 1 aromatic carbocycles. The zero-order valence-corrected chi connectivity index (χ0v) is 13.2. The Labute approximate surface area is 131 Å². The zero-order valence-electron chi connectivity index (χ0n) is 10.8. The highest BCUT2D eigenvalue weighted by atomic mass is 79.9. The summed E-state index contributed by atoms with van der Waals surface area (Å²) in [6, 6.07) is 8.75. The van der Waals surface area contributed by atoms with Crippen LogP contribution in [0.25, 0.3) is 0 Å². The lowest BCUT2D eigenvalue weighted by atomic mass is 10.2. The maximum atomic E-state index is 12.2. The standard InChI is InChI=1S/C14H13BrN2O2S/c1-2-19-13-6-3-9(8-16-13)17-14(18)11-7-10(20)4-5-12(11)15/h3-8,20H,2H2,1H3,(H,17,18). The van der Waals surface area contributed by atoms with Crippen LogP contribution in [0.2, 0.25) is 0 Å². The molecule has 0 radical (unpaired) electrons. The number of anilines is 1. The van der Waals surface area contributed by atoms with Gasteiger partial charge in [0.25, 0.3) is 5.91 Å². The number of pyridine rings is 1. The minimum absolute atomic E-state index is 0.223. The van der Waals surface area contributed by atoms with E-state index in [0.29, 0.717) is 28.2 Å². The number of amides is 1. The van der Waals surface area contributed by atoms with Crippen molar-refractivity contribution >= 4 is 40.2 Å². The van der Waals surface area contributed by atoms with Crippen molar-refractivity contribution in [2.45, 2.75) is 11.8 Å². The largest absolute Gasteiger partial charge is 0.478 e. The molecule has 0 bridgehead atoms. The molecule has 104 valence electrons. The molecular weight excluding hydrogens is 340 g/mol. The zero-order chi connectivity index (χ0) is 14.5. The van der Waals surface area contributed by atoms with E-state index in [2.05, 4.69) is 38.9 Å². The van der Waals surface area contributed by atoms with E-state index in [1.807, 2.05) is 13.0 Å². The number of aromatic nitrogens is 1. The lowest BCUT2D eigenvalue weighted by molar-refractivity contribution is 0.102. The second-order valence-corrected chi connectivity index (χ2v) is 5.31. The first-order valence-electron chi connectivity index (χ1n) is 5.99. The molecule has 0 saturated heterocycles. The quantitative estimate of drug-likeness (QED) is 0.823. The van der Waals surface area contributed by atoms with E-state index in [-0.39, 0.29) is 5.91 Å². The van der Waals surface area contributed by atoms with Gasteiger partial charge in [-0.05, 0) is 47.1 Å². The van der Waals surface area contributed by atoms with Gasteiger partial charge >= 0.3 is 0 Å². The first-order chi connectivity index (χ1) is 9.60. The normalized spacial score (nSPS) is 10.2. The van der Waals surface area contributed by atoms with E-state index in [9.17, 15) is 4.79 Å². The molecule has 0 atom stereocenters.